The summed E-state index contributed by atoms with van der Waals surface area (Å²) in [6.07, 6.45) is 0. The average molecular weight is 171 g/mol. The molecule has 1 aromatic carbocycles. The molecule has 1 unspecified atom stereocenters. The van der Waals surface area contributed by atoms with Crippen LogP contribution in [-0.4, -0.2) is 5.49 Å². The Labute approximate surface area is 67.6 Å². The van der Waals surface area contributed by atoms with Crippen molar-refractivity contribution in [2.75, 3.05) is 11.2 Å². The molecule has 0 saturated heterocycles. The van der Waals surface area contributed by atoms with Crippen molar-refractivity contribution < 1.29 is 0 Å². The van der Waals surface area contributed by atoms with Crippen LogP contribution in [0.15, 0.2) is 29.2 Å². The molecule has 54 valence electrons. The molecule has 0 aromatic heterocycles. The summed E-state index contributed by atoms with van der Waals surface area (Å²) in [5.74, 6) is 0. The predicted octanol–water partition coefficient (Wildman–Crippen LogP) is 2.19. The normalized spacial score (nSPS) is 9.70. The lowest BCUT2D eigenvalue weighted by Gasteiger charge is -1.96. The minimum Gasteiger partial charge on any atom is -0.399 e. The van der Waals surface area contributed by atoms with E-state index in [9.17, 15) is 0 Å². The second-order valence-corrected chi connectivity index (χ2v) is 3.97. The van der Waals surface area contributed by atoms with Crippen LogP contribution in [0.5, 0.6) is 0 Å². The molecule has 1 aromatic rings. The molecule has 0 bridgehead atoms. The van der Waals surface area contributed by atoms with Crippen LogP contribution in [0.2, 0.25) is 0 Å². The highest BCUT2D eigenvalue weighted by Gasteiger charge is 1.88. The van der Waals surface area contributed by atoms with Crippen molar-refractivity contribution in [3.63, 3.8) is 0 Å². The molecule has 0 aliphatic rings. The molecule has 1 nitrogen and oxygen atoms in total. The SMILES string of the molecule is Nc1ccc(SCP)cc1. The zero-order valence-corrected chi connectivity index (χ0v) is 7.55. The van der Waals surface area contributed by atoms with Gasteiger partial charge in [-0.2, -0.15) is 0 Å². The first kappa shape index (κ1) is 7.90. The Bertz CT molecular complexity index is 197. The molecule has 1 atom stereocenters. The monoisotopic (exact) mass is 171 g/mol. The smallest absolute Gasteiger partial charge is 0.0314 e. The molecule has 0 fully saturated rings. The maximum absolute atomic E-state index is 5.51. The highest BCUT2D eigenvalue weighted by molar-refractivity contribution is 8.02. The van der Waals surface area contributed by atoms with Crippen LogP contribution in [0.25, 0.3) is 0 Å². The minimum atomic E-state index is 0.827. The maximum atomic E-state index is 5.51. The Hall–Kier alpha value is -0.200. The van der Waals surface area contributed by atoms with Crippen molar-refractivity contribution in [1.29, 1.82) is 0 Å². The van der Waals surface area contributed by atoms with Crippen molar-refractivity contribution in [2.24, 2.45) is 0 Å². The van der Waals surface area contributed by atoms with Gasteiger partial charge in [-0.1, -0.05) is 0 Å². The minimum absolute atomic E-state index is 0.827. The topological polar surface area (TPSA) is 26.0 Å². The molecule has 0 amide bonds. The summed E-state index contributed by atoms with van der Waals surface area (Å²) in [4.78, 5) is 1.27. The van der Waals surface area contributed by atoms with Gasteiger partial charge in [-0.3, -0.25) is 0 Å². The summed E-state index contributed by atoms with van der Waals surface area (Å²) < 4.78 is 0. The molecule has 0 saturated carbocycles. The predicted molar refractivity (Wildman–Crippen MR) is 51.3 cm³/mol. The summed E-state index contributed by atoms with van der Waals surface area (Å²) in [7, 11) is 2.67. The van der Waals surface area contributed by atoms with Gasteiger partial charge in [0.1, 0.15) is 0 Å². The highest BCUT2D eigenvalue weighted by Crippen LogP contribution is 2.20. The number of hydrogen-bond acceptors (Lipinski definition) is 2. The number of nitrogen functional groups attached to an aromatic ring is 1. The quantitative estimate of drug-likeness (QED) is 0.419. The van der Waals surface area contributed by atoms with Gasteiger partial charge in [0, 0.05) is 16.1 Å². The second-order valence-electron chi connectivity index (χ2n) is 1.88. The summed E-state index contributed by atoms with van der Waals surface area (Å²) in [5, 5.41) is 0. The van der Waals surface area contributed by atoms with Crippen LogP contribution in [0.1, 0.15) is 0 Å². The van der Waals surface area contributed by atoms with Gasteiger partial charge in [0.05, 0.1) is 0 Å². The second kappa shape index (κ2) is 3.85. The van der Waals surface area contributed by atoms with E-state index in [-0.39, 0.29) is 0 Å². The first-order valence-electron chi connectivity index (χ1n) is 3.01. The standard InChI is InChI=1S/C7H10NPS/c8-6-1-3-7(4-2-6)10-5-9/h1-4H,5,8-9H2. The Balaban J connectivity index is 2.69. The molecule has 3 heteroatoms. The van der Waals surface area contributed by atoms with Gasteiger partial charge >= 0.3 is 0 Å². The van der Waals surface area contributed by atoms with E-state index in [1.807, 2.05) is 24.3 Å². The van der Waals surface area contributed by atoms with Gasteiger partial charge in [0.25, 0.3) is 0 Å². The number of rotatable bonds is 2. The Morgan fingerprint density at radius 3 is 2.40 bits per heavy atom. The Kier molecular flexibility index (Phi) is 3.04. The van der Waals surface area contributed by atoms with Crippen LogP contribution < -0.4 is 5.73 Å². The van der Waals surface area contributed by atoms with Crippen molar-refractivity contribution in [3.05, 3.63) is 24.3 Å². The van der Waals surface area contributed by atoms with Crippen LogP contribution in [0.3, 0.4) is 0 Å². The van der Waals surface area contributed by atoms with Crippen LogP contribution in [0.4, 0.5) is 5.69 Å². The van der Waals surface area contributed by atoms with Gasteiger partial charge in [-0.05, 0) is 24.3 Å². The lowest BCUT2D eigenvalue weighted by molar-refractivity contribution is 1.47. The zero-order chi connectivity index (χ0) is 7.40. The summed E-state index contributed by atoms with van der Waals surface area (Å²) in [6, 6.07) is 7.90. The van der Waals surface area contributed by atoms with E-state index in [1.54, 1.807) is 11.8 Å². The number of benzene rings is 1. The van der Waals surface area contributed by atoms with Crippen molar-refractivity contribution in [3.8, 4) is 0 Å². The molecular weight excluding hydrogens is 161 g/mol. The largest absolute Gasteiger partial charge is 0.399 e. The van der Waals surface area contributed by atoms with Crippen molar-refractivity contribution in [2.45, 2.75) is 4.90 Å². The van der Waals surface area contributed by atoms with E-state index in [4.69, 9.17) is 5.73 Å². The van der Waals surface area contributed by atoms with E-state index in [0.29, 0.717) is 0 Å². The van der Waals surface area contributed by atoms with Crippen molar-refractivity contribution >= 4 is 26.7 Å². The van der Waals surface area contributed by atoms with E-state index in [1.165, 1.54) is 4.90 Å². The van der Waals surface area contributed by atoms with Crippen LogP contribution in [-0.2, 0) is 0 Å². The first-order valence-corrected chi connectivity index (χ1v) is 4.81. The van der Waals surface area contributed by atoms with Crippen LogP contribution >= 0.6 is 21.0 Å². The number of nitrogens with two attached hydrogens (primary N) is 1. The van der Waals surface area contributed by atoms with E-state index < -0.39 is 0 Å². The molecule has 0 radical (unpaired) electrons. The molecule has 0 aliphatic heterocycles. The van der Waals surface area contributed by atoms with Gasteiger partial charge in [-0.25, -0.2) is 0 Å². The number of anilines is 1. The molecule has 0 aliphatic carbocycles. The van der Waals surface area contributed by atoms with Gasteiger partial charge in [0.15, 0.2) is 0 Å². The molecular formula is C7H10NPS. The summed E-state index contributed by atoms with van der Waals surface area (Å²) >= 11 is 1.79. The average Bonchev–Trinajstić information content (AvgIpc) is 1.95. The third-order valence-electron chi connectivity index (χ3n) is 1.13. The first-order chi connectivity index (χ1) is 4.83. The fraction of sp³-hybridized carbons (Fsp3) is 0.143. The summed E-state index contributed by atoms with van der Waals surface area (Å²) in [6.45, 7) is 0. The van der Waals surface area contributed by atoms with Gasteiger partial charge < -0.3 is 5.73 Å². The third-order valence-corrected chi connectivity index (χ3v) is 2.40. The maximum Gasteiger partial charge on any atom is 0.0314 e. The summed E-state index contributed by atoms with van der Waals surface area (Å²) in [5.41, 5.74) is 7.37. The lowest BCUT2D eigenvalue weighted by atomic mass is 10.3. The van der Waals surface area contributed by atoms with E-state index in [2.05, 4.69) is 9.24 Å². The molecule has 2 N–H and O–H groups in total. The number of thioether (sulfide) groups is 1. The lowest BCUT2D eigenvalue weighted by Crippen LogP contribution is -1.81. The fourth-order valence-electron chi connectivity index (χ4n) is 0.660. The van der Waals surface area contributed by atoms with Crippen molar-refractivity contribution in [1.82, 2.24) is 0 Å². The van der Waals surface area contributed by atoms with Gasteiger partial charge in [0.2, 0.25) is 0 Å². The Morgan fingerprint density at radius 1 is 1.30 bits per heavy atom. The zero-order valence-electron chi connectivity index (χ0n) is 5.58. The van der Waals surface area contributed by atoms with E-state index in [0.717, 1.165) is 11.2 Å². The van der Waals surface area contributed by atoms with Gasteiger partial charge in [-0.15, -0.1) is 21.0 Å². The van der Waals surface area contributed by atoms with E-state index >= 15 is 0 Å². The molecule has 1 rings (SSSR count). The molecule has 0 spiro atoms. The fourth-order valence-corrected chi connectivity index (χ4v) is 1.76. The molecule has 0 heterocycles. The number of hydrogen-bond donors (Lipinski definition) is 1. The van der Waals surface area contributed by atoms with Crippen LogP contribution in [0, 0.1) is 0 Å². The third kappa shape index (κ3) is 2.20. The Morgan fingerprint density at radius 2 is 1.90 bits per heavy atom. The molecule has 10 heavy (non-hydrogen) atoms. The highest BCUT2D eigenvalue weighted by atomic mass is 32.2.